The summed E-state index contributed by atoms with van der Waals surface area (Å²) in [7, 11) is 0. The van der Waals surface area contributed by atoms with Crippen molar-refractivity contribution >= 4 is 5.91 Å². The molecule has 0 aromatic rings. The van der Waals surface area contributed by atoms with E-state index in [2.05, 4.69) is 5.32 Å². The summed E-state index contributed by atoms with van der Waals surface area (Å²) in [5.74, 6) is -0.325. The predicted octanol–water partition coefficient (Wildman–Crippen LogP) is -2.03. The molecule has 0 spiro atoms. The first-order chi connectivity index (χ1) is 6.59. The third kappa shape index (κ3) is 1.50. The number of carbonyl (C=O) groups excluding carboxylic acids is 1. The number of hydrogen-bond acceptors (Lipinski definition) is 5. The van der Waals surface area contributed by atoms with Crippen LogP contribution in [0, 0.1) is 0 Å². The Balaban J connectivity index is 2.03. The van der Waals surface area contributed by atoms with Crippen LogP contribution in [0.4, 0.5) is 0 Å². The van der Waals surface area contributed by atoms with Crippen molar-refractivity contribution in [2.24, 2.45) is 0 Å². The van der Waals surface area contributed by atoms with E-state index in [9.17, 15) is 15.0 Å². The minimum Gasteiger partial charge on any atom is -0.388 e. The monoisotopic (exact) mass is 203 g/mol. The Morgan fingerprint density at radius 3 is 2.71 bits per heavy atom. The van der Waals surface area contributed by atoms with Crippen LogP contribution in [0.1, 0.15) is 6.92 Å². The van der Waals surface area contributed by atoms with Crippen LogP contribution >= 0.6 is 0 Å². The van der Waals surface area contributed by atoms with Crippen molar-refractivity contribution in [1.82, 2.24) is 5.32 Å². The average Bonchev–Trinajstić information content (AvgIpc) is 2.05. The van der Waals surface area contributed by atoms with Gasteiger partial charge in [0.15, 0.2) is 6.29 Å². The van der Waals surface area contributed by atoms with E-state index in [-0.39, 0.29) is 12.0 Å². The van der Waals surface area contributed by atoms with Crippen molar-refractivity contribution in [2.75, 3.05) is 6.61 Å². The molecule has 0 saturated carbocycles. The lowest BCUT2D eigenvalue weighted by Gasteiger charge is -2.48. The molecule has 3 unspecified atom stereocenters. The zero-order valence-electron chi connectivity index (χ0n) is 7.71. The van der Waals surface area contributed by atoms with Crippen molar-refractivity contribution in [3.8, 4) is 0 Å². The first-order valence-electron chi connectivity index (χ1n) is 4.50. The maximum absolute atomic E-state index is 10.8. The summed E-state index contributed by atoms with van der Waals surface area (Å²) in [6.45, 7) is 1.69. The van der Waals surface area contributed by atoms with E-state index < -0.39 is 24.5 Å². The fourth-order valence-electron chi connectivity index (χ4n) is 1.75. The Morgan fingerprint density at radius 1 is 1.50 bits per heavy atom. The summed E-state index contributed by atoms with van der Waals surface area (Å²) in [4.78, 5) is 10.8. The van der Waals surface area contributed by atoms with Crippen molar-refractivity contribution in [3.63, 3.8) is 0 Å². The second-order valence-corrected chi connectivity index (χ2v) is 3.58. The minimum atomic E-state index is -1.17. The minimum absolute atomic E-state index is 0.259. The predicted molar refractivity (Wildman–Crippen MR) is 44.2 cm³/mol. The van der Waals surface area contributed by atoms with E-state index in [1.165, 1.54) is 6.92 Å². The molecule has 0 bridgehead atoms. The third-order valence-corrected chi connectivity index (χ3v) is 2.52. The molecular weight excluding hydrogens is 190 g/mol. The van der Waals surface area contributed by atoms with E-state index in [1.54, 1.807) is 0 Å². The lowest BCUT2D eigenvalue weighted by atomic mass is 9.93. The highest BCUT2D eigenvalue weighted by Gasteiger charge is 2.50. The summed E-state index contributed by atoms with van der Waals surface area (Å²) in [6, 6.07) is -0.811. The molecule has 0 aromatic heterocycles. The number of aliphatic hydroxyl groups is 2. The van der Waals surface area contributed by atoms with Gasteiger partial charge in [0.1, 0.15) is 24.4 Å². The number of carbonyl (C=O) groups is 1. The third-order valence-electron chi connectivity index (χ3n) is 2.52. The van der Waals surface area contributed by atoms with E-state index in [1.807, 2.05) is 0 Å². The standard InChI is InChI=1S/C8H13NO5/c1-3(10)9-5-6(11)7-4(2-13-7)14-8(5)12/h4-8,11-12H,2H2,1H3,(H,9,10)/t4?,5?,6?,7-,8+/m0/s1. The van der Waals surface area contributed by atoms with Gasteiger partial charge in [0.25, 0.3) is 0 Å². The molecule has 5 atom stereocenters. The van der Waals surface area contributed by atoms with Gasteiger partial charge in [-0.3, -0.25) is 4.79 Å². The second kappa shape index (κ2) is 3.47. The van der Waals surface area contributed by atoms with Crippen molar-refractivity contribution in [1.29, 1.82) is 0 Å². The molecule has 2 aliphatic rings. The largest absolute Gasteiger partial charge is 0.388 e. The Hall–Kier alpha value is -0.690. The highest BCUT2D eigenvalue weighted by Crippen LogP contribution is 2.29. The Kier molecular flexibility index (Phi) is 2.44. The summed E-state index contributed by atoms with van der Waals surface area (Å²) in [5.41, 5.74) is 0. The number of ether oxygens (including phenoxy) is 2. The van der Waals surface area contributed by atoms with E-state index in [0.29, 0.717) is 6.61 Å². The summed E-state index contributed by atoms with van der Waals surface area (Å²) >= 11 is 0. The molecule has 2 heterocycles. The summed E-state index contributed by atoms with van der Waals surface area (Å²) < 4.78 is 10.2. The first-order valence-corrected chi connectivity index (χ1v) is 4.50. The molecule has 80 valence electrons. The van der Waals surface area contributed by atoms with Gasteiger partial charge in [0.05, 0.1) is 6.61 Å². The van der Waals surface area contributed by atoms with Gasteiger partial charge in [0, 0.05) is 6.92 Å². The van der Waals surface area contributed by atoms with Crippen molar-refractivity contribution in [3.05, 3.63) is 0 Å². The number of nitrogens with one attached hydrogen (secondary N) is 1. The number of amides is 1. The maximum atomic E-state index is 10.8. The molecule has 14 heavy (non-hydrogen) atoms. The number of fused-ring (bicyclic) bond motifs is 1. The first kappa shape index (κ1) is 9.85. The van der Waals surface area contributed by atoms with Crippen LogP contribution in [0.15, 0.2) is 0 Å². The highest BCUT2D eigenvalue weighted by molar-refractivity contribution is 5.73. The van der Waals surface area contributed by atoms with Crippen molar-refractivity contribution < 1.29 is 24.5 Å². The second-order valence-electron chi connectivity index (χ2n) is 3.58. The number of aliphatic hydroxyl groups excluding tert-OH is 2. The fourth-order valence-corrected chi connectivity index (χ4v) is 1.75. The zero-order valence-corrected chi connectivity index (χ0v) is 7.71. The SMILES string of the molecule is CC(=O)NC1C(O)[C@H]2OCC2O[C@H]1O. The van der Waals surface area contributed by atoms with Gasteiger partial charge in [-0.2, -0.15) is 0 Å². The van der Waals surface area contributed by atoms with Crippen LogP contribution in [-0.2, 0) is 14.3 Å². The normalized spacial score (nSPS) is 46.4. The Morgan fingerprint density at radius 2 is 2.21 bits per heavy atom. The van der Waals surface area contributed by atoms with Crippen LogP contribution in [-0.4, -0.2) is 53.4 Å². The van der Waals surface area contributed by atoms with Crippen LogP contribution in [0.3, 0.4) is 0 Å². The quantitative estimate of drug-likeness (QED) is 0.457. The molecule has 6 heteroatoms. The molecule has 2 rings (SSSR count). The Bertz CT molecular complexity index is 246. The highest BCUT2D eigenvalue weighted by atomic mass is 16.7. The zero-order chi connectivity index (χ0) is 10.3. The molecular formula is C8H13NO5. The topological polar surface area (TPSA) is 88.0 Å². The molecule has 3 N–H and O–H groups in total. The van der Waals surface area contributed by atoms with Crippen LogP contribution in [0.5, 0.6) is 0 Å². The Labute approximate surface area is 80.8 Å². The molecule has 0 radical (unpaired) electrons. The van der Waals surface area contributed by atoms with E-state index >= 15 is 0 Å². The lowest BCUT2D eigenvalue weighted by molar-refractivity contribution is -0.317. The van der Waals surface area contributed by atoms with Crippen molar-refractivity contribution in [2.45, 2.75) is 37.6 Å². The van der Waals surface area contributed by atoms with Gasteiger partial charge in [-0.05, 0) is 0 Å². The molecule has 2 fully saturated rings. The molecule has 6 nitrogen and oxygen atoms in total. The van der Waals surface area contributed by atoms with E-state index in [4.69, 9.17) is 9.47 Å². The van der Waals surface area contributed by atoms with Gasteiger partial charge in [-0.1, -0.05) is 0 Å². The fraction of sp³-hybridized carbons (Fsp3) is 0.875. The maximum Gasteiger partial charge on any atom is 0.217 e. The average molecular weight is 203 g/mol. The van der Waals surface area contributed by atoms with Crippen LogP contribution in [0.2, 0.25) is 0 Å². The van der Waals surface area contributed by atoms with Gasteiger partial charge >= 0.3 is 0 Å². The van der Waals surface area contributed by atoms with E-state index in [0.717, 1.165) is 0 Å². The molecule has 0 aromatic carbocycles. The van der Waals surface area contributed by atoms with Crippen LogP contribution in [0.25, 0.3) is 0 Å². The smallest absolute Gasteiger partial charge is 0.217 e. The molecule has 2 aliphatic heterocycles. The lowest BCUT2D eigenvalue weighted by Crippen LogP contribution is -2.69. The molecule has 2 saturated heterocycles. The van der Waals surface area contributed by atoms with Gasteiger partial charge in [-0.25, -0.2) is 0 Å². The summed E-state index contributed by atoms with van der Waals surface area (Å²) in [5, 5.41) is 21.6. The number of rotatable bonds is 1. The van der Waals surface area contributed by atoms with Gasteiger partial charge in [0.2, 0.25) is 5.91 Å². The summed E-state index contributed by atoms with van der Waals surface area (Å²) in [6.07, 6.45) is -2.78. The number of hydrogen-bond donors (Lipinski definition) is 3. The molecule has 1 amide bonds. The van der Waals surface area contributed by atoms with Crippen LogP contribution < -0.4 is 5.32 Å². The molecule has 0 aliphatic carbocycles. The van der Waals surface area contributed by atoms with Gasteiger partial charge in [-0.15, -0.1) is 0 Å². The van der Waals surface area contributed by atoms with Gasteiger partial charge < -0.3 is 25.0 Å².